The van der Waals surface area contributed by atoms with Gasteiger partial charge in [0.05, 0.1) is 18.6 Å². The molecule has 6 nitrogen and oxygen atoms in total. The zero-order valence-electron chi connectivity index (χ0n) is 15.1. The number of nitrogens with zero attached hydrogens (tertiary/aromatic N) is 1. The zero-order chi connectivity index (χ0) is 18.2. The van der Waals surface area contributed by atoms with E-state index in [4.69, 9.17) is 10.5 Å². The zero-order valence-corrected chi connectivity index (χ0v) is 15.1. The maximum atomic E-state index is 12.3. The Morgan fingerprint density at radius 3 is 2.56 bits per heavy atom. The number of benzene rings is 1. The highest BCUT2D eigenvalue weighted by Crippen LogP contribution is 2.25. The Bertz CT molecular complexity index is 562. The van der Waals surface area contributed by atoms with Crippen molar-refractivity contribution in [1.29, 1.82) is 0 Å². The molecule has 2 rings (SSSR count). The first kappa shape index (κ1) is 19.2. The van der Waals surface area contributed by atoms with Crippen molar-refractivity contribution in [3.63, 3.8) is 0 Å². The van der Waals surface area contributed by atoms with Crippen LogP contribution in [0.4, 0.5) is 4.79 Å². The summed E-state index contributed by atoms with van der Waals surface area (Å²) in [4.78, 5) is 26.3. The van der Waals surface area contributed by atoms with E-state index in [0.717, 1.165) is 31.2 Å². The van der Waals surface area contributed by atoms with Crippen LogP contribution in [0.3, 0.4) is 0 Å². The number of hydrogen-bond donors (Lipinski definition) is 2. The second-order valence-electron chi connectivity index (χ2n) is 6.76. The van der Waals surface area contributed by atoms with Gasteiger partial charge in [-0.1, -0.05) is 43.2 Å². The highest BCUT2D eigenvalue weighted by Gasteiger charge is 2.35. The molecule has 1 aromatic rings. The number of hydrogen-bond acceptors (Lipinski definition) is 4. The molecule has 1 aromatic carbocycles. The van der Waals surface area contributed by atoms with Gasteiger partial charge in [-0.25, -0.2) is 4.79 Å². The third-order valence-corrected chi connectivity index (χ3v) is 4.62. The van der Waals surface area contributed by atoms with Crippen LogP contribution in [0.2, 0.25) is 0 Å². The number of alkyl carbamates (subject to hydrolysis) is 1. The van der Waals surface area contributed by atoms with Crippen LogP contribution in [0.1, 0.15) is 45.1 Å². The Balaban J connectivity index is 1.97. The van der Waals surface area contributed by atoms with Crippen molar-refractivity contribution < 1.29 is 14.3 Å². The molecule has 0 unspecified atom stereocenters. The summed E-state index contributed by atoms with van der Waals surface area (Å²) in [6, 6.07) is 9.48. The second-order valence-corrected chi connectivity index (χ2v) is 6.76. The Labute approximate surface area is 149 Å². The van der Waals surface area contributed by atoms with Crippen LogP contribution in [0.5, 0.6) is 0 Å². The van der Waals surface area contributed by atoms with Gasteiger partial charge in [0.1, 0.15) is 6.61 Å². The normalized spacial score (nSPS) is 20.2. The van der Waals surface area contributed by atoms with Crippen molar-refractivity contribution in [2.24, 2.45) is 5.73 Å². The average molecular weight is 347 g/mol. The van der Waals surface area contributed by atoms with E-state index in [1.54, 1.807) is 0 Å². The summed E-state index contributed by atoms with van der Waals surface area (Å²) in [5, 5.41) is 2.96. The maximum Gasteiger partial charge on any atom is 0.407 e. The van der Waals surface area contributed by atoms with Gasteiger partial charge in [0.15, 0.2) is 0 Å². The third-order valence-electron chi connectivity index (χ3n) is 4.62. The van der Waals surface area contributed by atoms with E-state index in [2.05, 4.69) is 5.32 Å². The van der Waals surface area contributed by atoms with Crippen molar-refractivity contribution in [3.05, 3.63) is 35.9 Å². The standard InChI is InChI=1S/C19H29N3O3/c1-14(2)22(18(23)12-20)17-11-7-6-10-16(17)21-19(24)25-13-15-8-4-3-5-9-15/h3-5,8-9,14,16-17H,6-7,10-13,20H2,1-2H3,(H,21,24)/t16-,17-/m0/s1. The van der Waals surface area contributed by atoms with Crippen molar-refractivity contribution >= 4 is 12.0 Å². The molecule has 1 saturated carbocycles. The minimum Gasteiger partial charge on any atom is -0.445 e. The van der Waals surface area contributed by atoms with Crippen LogP contribution < -0.4 is 11.1 Å². The van der Waals surface area contributed by atoms with Crippen molar-refractivity contribution in [2.75, 3.05) is 6.54 Å². The smallest absolute Gasteiger partial charge is 0.407 e. The molecule has 0 aliphatic heterocycles. The highest BCUT2D eigenvalue weighted by atomic mass is 16.5. The van der Waals surface area contributed by atoms with E-state index >= 15 is 0 Å². The van der Waals surface area contributed by atoms with Gasteiger partial charge in [-0.05, 0) is 32.3 Å². The lowest BCUT2D eigenvalue weighted by molar-refractivity contribution is -0.135. The number of ether oxygens (including phenoxy) is 1. The van der Waals surface area contributed by atoms with Gasteiger partial charge in [-0.3, -0.25) is 4.79 Å². The summed E-state index contributed by atoms with van der Waals surface area (Å²) < 4.78 is 5.33. The lowest BCUT2D eigenvalue weighted by Gasteiger charge is -2.42. The summed E-state index contributed by atoms with van der Waals surface area (Å²) in [6.07, 6.45) is 3.34. The number of amides is 2. The van der Waals surface area contributed by atoms with Gasteiger partial charge in [-0.2, -0.15) is 0 Å². The summed E-state index contributed by atoms with van der Waals surface area (Å²) >= 11 is 0. The fraction of sp³-hybridized carbons (Fsp3) is 0.579. The maximum absolute atomic E-state index is 12.3. The Kier molecular flexibility index (Phi) is 7.25. The minimum absolute atomic E-state index is 0.0140. The van der Waals surface area contributed by atoms with Gasteiger partial charge < -0.3 is 20.7 Å². The molecule has 0 saturated heterocycles. The SMILES string of the molecule is CC(C)N(C(=O)CN)[C@H]1CCCC[C@@H]1NC(=O)OCc1ccccc1. The molecule has 0 bridgehead atoms. The van der Waals surface area contributed by atoms with E-state index in [0.29, 0.717) is 0 Å². The molecule has 2 amide bonds. The van der Waals surface area contributed by atoms with Gasteiger partial charge in [0.25, 0.3) is 0 Å². The largest absolute Gasteiger partial charge is 0.445 e. The monoisotopic (exact) mass is 347 g/mol. The lowest BCUT2D eigenvalue weighted by Crippen LogP contribution is -2.58. The molecular weight excluding hydrogens is 318 g/mol. The quantitative estimate of drug-likeness (QED) is 0.828. The van der Waals surface area contributed by atoms with Crippen LogP contribution in [-0.4, -0.2) is 41.6 Å². The molecule has 0 spiro atoms. The predicted octanol–water partition coefficient (Wildman–Crippen LogP) is 2.42. The topological polar surface area (TPSA) is 84.7 Å². The van der Waals surface area contributed by atoms with Crippen molar-refractivity contribution in [3.8, 4) is 0 Å². The number of carbonyl (C=O) groups is 2. The third kappa shape index (κ3) is 5.46. The molecule has 1 fully saturated rings. The molecule has 0 radical (unpaired) electrons. The Morgan fingerprint density at radius 2 is 1.92 bits per heavy atom. The average Bonchev–Trinajstić information content (AvgIpc) is 2.62. The van der Waals surface area contributed by atoms with Gasteiger partial charge in [-0.15, -0.1) is 0 Å². The van der Waals surface area contributed by atoms with Crippen LogP contribution >= 0.6 is 0 Å². The second kappa shape index (κ2) is 9.42. The Morgan fingerprint density at radius 1 is 1.24 bits per heavy atom. The highest BCUT2D eigenvalue weighted by molar-refractivity contribution is 5.79. The lowest BCUT2D eigenvalue weighted by atomic mass is 9.88. The molecule has 25 heavy (non-hydrogen) atoms. The molecule has 6 heteroatoms. The number of nitrogens with two attached hydrogens (primary N) is 1. The number of rotatable bonds is 6. The molecule has 3 N–H and O–H groups in total. The number of carbonyl (C=O) groups excluding carboxylic acids is 2. The molecule has 138 valence electrons. The molecule has 1 aliphatic carbocycles. The fourth-order valence-corrected chi connectivity index (χ4v) is 3.49. The van der Waals surface area contributed by atoms with Crippen LogP contribution in [0.25, 0.3) is 0 Å². The van der Waals surface area contributed by atoms with Gasteiger partial charge in [0, 0.05) is 6.04 Å². The molecule has 0 heterocycles. The Hall–Kier alpha value is -2.08. The van der Waals surface area contributed by atoms with E-state index in [1.165, 1.54) is 0 Å². The summed E-state index contributed by atoms with van der Waals surface area (Å²) in [5.41, 5.74) is 6.52. The molecule has 1 aliphatic rings. The van der Waals surface area contributed by atoms with Crippen molar-refractivity contribution in [1.82, 2.24) is 10.2 Å². The van der Waals surface area contributed by atoms with Crippen LogP contribution in [-0.2, 0) is 16.1 Å². The molecule has 2 atom stereocenters. The minimum atomic E-state index is -0.440. The van der Waals surface area contributed by atoms with E-state index < -0.39 is 6.09 Å². The van der Waals surface area contributed by atoms with Crippen LogP contribution in [0.15, 0.2) is 30.3 Å². The fourth-order valence-electron chi connectivity index (χ4n) is 3.49. The number of nitrogens with one attached hydrogen (secondary N) is 1. The first-order chi connectivity index (χ1) is 12.0. The first-order valence-corrected chi connectivity index (χ1v) is 9.01. The van der Waals surface area contributed by atoms with Gasteiger partial charge >= 0.3 is 6.09 Å². The van der Waals surface area contributed by atoms with E-state index in [1.807, 2.05) is 49.1 Å². The molecular formula is C19H29N3O3. The first-order valence-electron chi connectivity index (χ1n) is 9.01. The summed E-state index contributed by atoms with van der Waals surface area (Å²) in [6.45, 7) is 4.18. The van der Waals surface area contributed by atoms with Crippen molar-refractivity contribution in [2.45, 2.75) is 64.3 Å². The van der Waals surface area contributed by atoms with Crippen LogP contribution in [0, 0.1) is 0 Å². The van der Waals surface area contributed by atoms with Gasteiger partial charge in [0.2, 0.25) is 5.91 Å². The predicted molar refractivity (Wildman–Crippen MR) is 96.8 cm³/mol. The summed E-state index contributed by atoms with van der Waals surface area (Å²) in [7, 11) is 0. The molecule has 0 aromatic heterocycles. The summed E-state index contributed by atoms with van der Waals surface area (Å²) in [5.74, 6) is -0.0775. The van der Waals surface area contributed by atoms with E-state index in [-0.39, 0.29) is 37.2 Å². The van der Waals surface area contributed by atoms with E-state index in [9.17, 15) is 9.59 Å².